The summed E-state index contributed by atoms with van der Waals surface area (Å²) in [4.78, 5) is 75.7. The average molecular weight is 701 g/mol. The molecular formula is C32H45ClN2O11S. The van der Waals surface area contributed by atoms with Gasteiger partial charge < -0.3 is 25.6 Å². The third-order valence-corrected chi connectivity index (χ3v) is 9.43. The Labute approximate surface area is 280 Å². The number of esters is 1. The number of benzene rings is 1. The summed E-state index contributed by atoms with van der Waals surface area (Å²) in [5.74, 6) is -8.00. The largest absolute Gasteiger partial charge is 0.481 e. The molecule has 15 heteroatoms. The zero-order chi connectivity index (χ0) is 35.9. The molecule has 13 nitrogen and oxygen atoms in total. The average Bonchev–Trinajstić information content (AvgIpc) is 2.98. The van der Waals surface area contributed by atoms with Crippen LogP contribution in [0.3, 0.4) is 0 Å². The number of halogens is 1. The lowest BCUT2D eigenvalue weighted by molar-refractivity contribution is -0.149. The van der Waals surface area contributed by atoms with Crippen LogP contribution in [0.25, 0.3) is 0 Å². The summed E-state index contributed by atoms with van der Waals surface area (Å²) in [6.07, 6.45) is -0.0603. The van der Waals surface area contributed by atoms with Crippen LogP contribution in [0, 0.1) is 23.7 Å². The van der Waals surface area contributed by atoms with Crippen LogP contribution in [-0.4, -0.2) is 72.5 Å². The van der Waals surface area contributed by atoms with E-state index in [1.807, 2.05) is 6.07 Å². The zero-order valence-corrected chi connectivity index (χ0v) is 28.8. The van der Waals surface area contributed by atoms with Gasteiger partial charge >= 0.3 is 17.9 Å². The Morgan fingerprint density at radius 2 is 1.49 bits per heavy atom. The number of sulfone groups is 1. The van der Waals surface area contributed by atoms with Crippen molar-refractivity contribution in [2.24, 2.45) is 23.7 Å². The summed E-state index contributed by atoms with van der Waals surface area (Å²) in [6, 6.07) is 6.32. The third-order valence-electron chi connectivity index (χ3n) is 7.62. The number of hydrogen-bond donors (Lipinski definition) is 4. The van der Waals surface area contributed by atoms with Gasteiger partial charge in [-0.1, -0.05) is 76.0 Å². The number of hydrogen-bond acceptors (Lipinski definition) is 9. The summed E-state index contributed by atoms with van der Waals surface area (Å²) < 4.78 is 28.2. The smallest absolute Gasteiger partial charge is 0.306 e. The van der Waals surface area contributed by atoms with Crippen molar-refractivity contribution < 1.29 is 52.1 Å². The molecule has 2 amide bonds. The quantitative estimate of drug-likeness (QED) is 0.136. The Bertz CT molecular complexity index is 1400. The molecule has 0 saturated carbocycles. The number of aliphatic carboxylic acids is 2. The van der Waals surface area contributed by atoms with Gasteiger partial charge in [-0.05, 0) is 29.9 Å². The molecule has 47 heavy (non-hydrogen) atoms. The second kappa shape index (κ2) is 19.8. The highest BCUT2D eigenvalue weighted by atomic mass is 35.5. The zero-order valence-electron chi connectivity index (χ0n) is 27.2. The topological polar surface area (TPSA) is 210 Å². The lowest BCUT2D eigenvalue weighted by atomic mass is 9.84. The molecule has 0 radical (unpaired) electrons. The molecule has 1 aromatic rings. The normalized spacial score (nSPS) is 15.1. The van der Waals surface area contributed by atoms with E-state index in [-0.39, 0.29) is 25.4 Å². The lowest BCUT2D eigenvalue weighted by Gasteiger charge is -2.27. The van der Waals surface area contributed by atoms with Crippen LogP contribution in [-0.2, 0) is 49.9 Å². The number of ketones is 1. The maximum Gasteiger partial charge on any atom is 0.306 e. The van der Waals surface area contributed by atoms with Crippen molar-refractivity contribution >= 4 is 56.9 Å². The van der Waals surface area contributed by atoms with Gasteiger partial charge in [-0.25, -0.2) is 8.42 Å². The number of carbonyl (C=O) groups excluding carboxylic acids is 4. The first kappa shape index (κ1) is 41.2. The molecule has 0 heterocycles. The van der Waals surface area contributed by atoms with Gasteiger partial charge in [-0.3, -0.25) is 28.8 Å². The Balaban J connectivity index is 3.18. The summed E-state index contributed by atoms with van der Waals surface area (Å²) in [5, 5.41) is 23.6. The Kier molecular flexibility index (Phi) is 17.4. The Hall–Kier alpha value is -3.78. The van der Waals surface area contributed by atoms with Crippen LogP contribution in [0.5, 0.6) is 0 Å². The second-order valence-electron chi connectivity index (χ2n) is 11.8. The summed E-state index contributed by atoms with van der Waals surface area (Å²) in [5.41, 5.74) is 0.759. The van der Waals surface area contributed by atoms with Crippen LogP contribution in [0.2, 0.25) is 0 Å². The third kappa shape index (κ3) is 15.6. The number of amides is 2. The highest BCUT2D eigenvalue weighted by Crippen LogP contribution is 2.24. The molecule has 0 aromatic heterocycles. The molecule has 0 spiro atoms. The lowest BCUT2D eigenvalue weighted by Crippen LogP contribution is -2.48. The van der Waals surface area contributed by atoms with Crippen LogP contribution in [0.4, 0.5) is 0 Å². The van der Waals surface area contributed by atoms with Gasteiger partial charge in [0.1, 0.15) is 11.0 Å². The minimum absolute atomic E-state index is 0.00840. The minimum atomic E-state index is -3.89. The van der Waals surface area contributed by atoms with Crippen molar-refractivity contribution in [3.05, 3.63) is 46.3 Å². The van der Waals surface area contributed by atoms with Crippen LogP contribution in [0.15, 0.2) is 40.8 Å². The molecule has 0 aliphatic rings. The molecule has 1 rings (SSSR count). The van der Waals surface area contributed by atoms with E-state index in [9.17, 15) is 47.4 Å². The monoisotopic (exact) mass is 700 g/mol. The highest BCUT2D eigenvalue weighted by molar-refractivity contribution is 7.96. The van der Waals surface area contributed by atoms with Crippen molar-refractivity contribution in [2.75, 3.05) is 6.26 Å². The molecule has 0 saturated heterocycles. The number of carboxylic acid groups (broad SMARTS) is 2. The molecule has 0 aliphatic heterocycles. The van der Waals surface area contributed by atoms with E-state index in [1.54, 1.807) is 52.0 Å². The van der Waals surface area contributed by atoms with Gasteiger partial charge in [0.15, 0.2) is 15.6 Å². The summed E-state index contributed by atoms with van der Waals surface area (Å²) in [7, 11) is -3.89. The molecule has 1 aromatic carbocycles. The molecule has 262 valence electrons. The molecule has 5 atom stereocenters. The molecule has 0 fully saturated rings. The van der Waals surface area contributed by atoms with Gasteiger partial charge in [0.2, 0.25) is 11.8 Å². The predicted octanol–water partition coefficient (Wildman–Crippen LogP) is 3.45. The molecule has 1 unspecified atom stereocenters. The molecule has 0 bridgehead atoms. The molecular weight excluding hydrogens is 656 g/mol. The number of carboxylic acids is 2. The first-order valence-electron chi connectivity index (χ1n) is 15.2. The van der Waals surface area contributed by atoms with Gasteiger partial charge in [0, 0.05) is 25.0 Å². The first-order valence-corrected chi connectivity index (χ1v) is 17.5. The Morgan fingerprint density at radius 3 is 2.00 bits per heavy atom. The van der Waals surface area contributed by atoms with Crippen molar-refractivity contribution in [1.82, 2.24) is 10.6 Å². The number of rotatable bonds is 21. The van der Waals surface area contributed by atoms with Crippen molar-refractivity contribution in [3.8, 4) is 0 Å². The highest BCUT2D eigenvalue weighted by Gasteiger charge is 2.34. The minimum Gasteiger partial charge on any atom is -0.481 e. The standard InChI is InChI=1S/C32H45ClN2O11S/c1-6-20(4)24(32(43)34-22(15-29(39)40)14-27(33)47(5,44)45)16-26(36)25(12-13-28(37)38)35-31(42)23(19(2)3)17-30(41)46-18-21-10-8-7-9-11-21/h7-11,14,19-20,22-25H,6,12-13,15-18H2,1-5H3,(H,34,43)(H,35,42)(H,37,38)(H,39,40)/b27-14+/t20?,22-,23+,24+,25+/m1/s1. The van der Waals surface area contributed by atoms with E-state index in [0.717, 1.165) is 17.9 Å². The number of Topliss-reactive ketones (excluding diaryl/α,β-unsaturated/α-hetero) is 1. The van der Waals surface area contributed by atoms with E-state index in [4.69, 9.17) is 16.3 Å². The second-order valence-corrected chi connectivity index (χ2v) is 14.4. The van der Waals surface area contributed by atoms with E-state index in [1.165, 1.54) is 0 Å². The number of carbonyl (C=O) groups is 6. The van der Waals surface area contributed by atoms with E-state index < -0.39 is 98.8 Å². The molecule has 4 N–H and O–H groups in total. The predicted molar refractivity (Wildman–Crippen MR) is 174 cm³/mol. The molecule has 0 aliphatic carbocycles. The summed E-state index contributed by atoms with van der Waals surface area (Å²) >= 11 is 5.81. The van der Waals surface area contributed by atoms with Gasteiger partial charge in [-0.2, -0.15) is 0 Å². The van der Waals surface area contributed by atoms with Gasteiger partial charge in [-0.15, -0.1) is 0 Å². The maximum absolute atomic E-state index is 13.6. The maximum atomic E-state index is 13.6. The van der Waals surface area contributed by atoms with Crippen molar-refractivity contribution in [2.45, 2.75) is 84.9 Å². The van der Waals surface area contributed by atoms with Gasteiger partial charge in [0.05, 0.1) is 30.8 Å². The van der Waals surface area contributed by atoms with Crippen molar-refractivity contribution in [1.29, 1.82) is 0 Å². The van der Waals surface area contributed by atoms with E-state index in [2.05, 4.69) is 10.6 Å². The summed E-state index contributed by atoms with van der Waals surface area (Å²) in [6.45, 7) is 6.88. The van der Waals surface area contributed by atoms with Crippen LogP contribution in [0.1, 0.15) is 71.8 Å². The Morgan fingerprint density at radius 1 is 0.894 bits per heavy atom. The number of ether oxygens (including phenoxy) is 1. The van der Waals surface area contributed by atoms with E-state index in [0.29, 0.717) is 6.42 Å². The first-order chi connectivity index (χ1) is 21.8. The fourth-order valence-electron chi connectivity index (χ4n) is 4.58. The number of nitrogens with one attached hydrogen (secondary N) is 2. The SMILES string of the molecule is CCC(C)[C@H](CC(=O)[C@H](CCC(=O)O)NC(=O)[C@@H](CC(=O)OCc1ccccc1)C(C)C)C(=O)N[C@H](/C=C(\Cl)S(C)(=O)=O)CC(=O)O. The fourth-order valence-corrected chi connectivity index (χ4v) is 5.14. The van der Waals surface area contributed by atoms with E-state index >= 15 is 0 Å². The van der Waals surface area contributed by atoms with Crippen LogP contribution < -0.4 is 10.6 Å². The van der Waals surface area contributed by atoms with Crippen molar-refractivity contribution in [3.63, 3.8) is 0 Å². The fraction of sp³-hybridized carbons (Fsp3) is 0.562. The van der Waals surface area contributed by atoms with Gasteiger partial charge in [0.25, 0.3) is 0 Å². The van der Waals surface area contributed by atoms with Crippen LogP contribution >= 0.6 is 11.6 Å².